The molecule has 0 aromatic heterocycles. The lowest BCUT2D eigenvalue weighted by molar-refractivity contribution is 0.181. The monoisotopic (exact) mass is 194 g/mol. The Morgan fingerprint density at radius 3 is 2.50 bits per heavy atom. The molecule has 3 nitrogen and oxygen atoms in total. The number of hydrogen-bond acceptors (Lipinski definition) is 2. The van der Waals surface area contributed by atoms with E-state index in [1.807, 2.05) is 0 Å². The molecule has 0 aliphatic rings. The first-order valence-electron chi connectivity index (χ1n) is 4.56. The largest absolute Gasteiger partial charge is 0.393 e. The van der Waals surface area contributed by atoms with Crippen molar-refractivity contribution in [1.29, 1.82) is 0 Å². The molecular formula is C8H19O3P. The Bertz CT molecular complexity index is 127. The number of aliphatic hydroxyl groups is 1. The predicted octanol–water partition coefficient (Wildman–Crippen LogP) is 1.78. The van der Waals surface area contributed by atoms with E-state index in [0.29, 0.717) is 6.42 Å². The third-order valence-electron chi connectivity index (χ3n) is 1.80. The molecule has 0 aliphatic carbocycles. The van der Waals surface area contributed by atoms with Gasteiger partial charge in [-0.15, -0.1) is 0 Å². The Kier molecular flexibility index (Phi) is 7.88. The van der Waals surface area contributed by atoms with Crippen LogP contribution in [0.2, 0.25) is 0 Å². The molecule has 0 aliphatic heterocycles. The van der Waals surface area contributed by atoms with Crippen molar-refractivity contribution in [1.82, 2.24) is 0 Å². The van der Waals surface area contributed by atoms with Crippen molar-refractivity contribution in [3.63, 3.8) is 0 Å². The van der Waals surface area contributed by atoms with Crippen molar-refractivity contribution in [2.24, 2.45) is 0 Å². The van der Waals surface area contributed by atoms with Crippen LogP contribution in [0.4, 0.5) is 0 Å². The summed E-state index contributed by atoms with van der Waals surface area (Å²) in [5, 5.41) is 9.18. The van der Waals surface area contributed by atoms with Crippen molar-refractivity contribution in [3.8, 4) is 0 Å². The lowest BCUT2D eigenvalue weighted by atomic mass is 10.1. The lowest BCUT2D eigenvalue weighted by Gasteiger charge is -2.07. The van der Waals surface area contributed by atoms with Crippen LogP contribution < -0.4 is 0 Å². The SMILES string of the molecule is CCCCCCC(O)C[PH](=O)O. The van der Waals surface area contributed by atoms with Gasteiger partial charge in [-0.05, 0) is 6.42 Å². The second-order valence-corrected chi connectivity index (χ2v) is 4.30. The molecule has 0 aromatic carbocycles. The molecule has 0 heterocycles. The van der Waals surface area contributed by atoms with Crippen LogP contribution in [-0.2, 0) is 4.57 Å². The standard InChI is InChI=1S/C8H19O3P/c1-2-3-4-5-6-8(9)7-12(10)11/h8-9,12H,2-7H2,1H3,(H,10,11). The summed E-state index contributed by atoms with van der Waals surface area (Å²) in [6.07, 6.45) is 4.59. The maximum atomic E-state index is 10.3. The van der Waals surface area contributed by atoms with Gasteiger partial charge < -0.3 is 10.00 Å². The van der Waals surface area contributed by atoms with E-state index in [9.17, 15) is 9.67 Å². The maximum Gasteiger partial charge on any atom is 0.191 e. The van der Waals surface area contributed by atoms with Gasteiger partial charge in [0.2, 0.25) is 0 Å². The van der Waals surface area contributed by atoms with Gasteiger partial charge in [0.15, 0.2) is 8.03 Å². The average Bonchev–Trinajstić information content (AvgIpc) is 1.97. The Balaban J connectivity index is 3.19. The molecule has 0 saturated carbocycles. The minimum absolute atomic E-state index is 0.0663. The quantitative estimate of drug-likeness (QED) is 0.479. The van der Waals surface area contributed by atoms with E-state index in [0.717, 1.165) is 12.8 Å². The summed E-state index contributed by atoms with van der Waals surface area (Å²) in [7, 11) is -2.48. The second-order valence-electron chi connectivity index (χ2n) is 3.10. The van der Waals surface area contributed by atoms with E-state index in [-0.39, 0.29) is 6.16 Å². The van der Waals surface area contributed by atoms with Gasteiger partial charge >= 0.3 is 0 Å². The van der Waals surface area contributed by atoms with Crippen molar-refractivity contribution in [2.75, 3.05) is 6.16 Å². The molecule has 12 heavy (non-hydrogen) atoms. The smallest absolute Gasteiger partial charge is 0.191 e. The summed E-state index contributed by atoms with van der Waals surface area (Å²) in [5.41, 5.74) is 0. The summed E-state index contributed by atoms with van der Waals surface area (Å²) in [6.45, 7) is 2.13. The highest BCUT2D eigenvalue weighted by Crippen LogP contribution is 2.17. The van der Waals surface area contributed by atoms with E-state index in [2.05, 4.69) is 6.92 Å². The predicted molar refractivity (Wildman–Crippen MR) is 50.9 cm³/mol. The van der Waals surface area contributed by atoms with Crippen LogP contribution in [0.5, 0.6) is 0 Å². The molecule has 2 unspecified atom stereocenters. The molecule has 2 atom stereocenters. The molecular weight excluding hydrogens is 175 g/mol. The van der Waals surface area contributed by atoms with Crippen molar-refractivity contribution in [2.45, 2.75) is 45.1 Å². The molecule has 0 spiro atoms. The highest BCUT2D eigenvalue weighted by Gasteiger charge is 2.05. The van der Waals surface area contributed by atoms with E-state index in [1.165, 1.54) is 12.8 Å². The van der Waals surface area contributed by atoms with Crippen LogP contribution in [0.25, 0.3) is 0 Å². The Hall–Kier alpha value is 0.150. The fourth-order valence-electron chi connectivity index (χ4n) is 1.11. The van der Waals surface area contributed by atoms with Gasteiger partial charge in [-0.3, -0.25) is 4.57 Å². The van der Waals surface area contributed by atoms with Crippen LogP contribution in [0.15, 0.2) is 0 Å². The molecule has 4 heteroatoms. The molecule has 0 fully saturated rings. The zero-order chi connectivity index (χ0) is 9.40. The zero-order valence-electron chi connectivity index (χ0n) is 7.62. The number of hydrogen-bond donors (Lipinski definition) is 2. The van der Waals surface area contributed by atoms with Gasteiger partial charge in [-0.1, -0.05) is 32.6 Å². The van der Waals surface area contributed by atoms with Crippen molar-refractivity contribution < 1.29 is 14.6 Å². The zero-order valence-corrected chi connectivity index (χ0v) is 8.62. The highest BCUT2D eigenvalue weighted by molar-refractivity contribution is 7.38. The van der Waals surface area contributed by atoms with Gasteiger partial charge in [-0.25, -0.2) is 0 Å². The van der Waals surface area contributed by atoms with Crippen molar-refractivity contribution >= 4 is 8.03 Å². The van der Waals surface area contributed by atoms with E-state index >= 15 is 0 Å². The lowest BCUT2D eigenvalue weighted by Crippen LogP contribution is -2.09. The first-order valence-corrected chi connectivity index (χ1v) is 6.13. The average molecular weight is 194 g/mol. The van der Waals surface area contributed by atoms with Gasteiger partial charge in [-0.2, -0.15) is 0 Å². The summed E-state index contributed by atoms with van der Waals surface area (Å²) < 4.78 is 10.3. The summed E-state index contributed by atoms with van der Waals surface area (Å²) in [4.78, 5) is 8.51. The van der Waals surface area contributed by atoms with Crippen LogP contribution >= 0.6 is 8.03 Å². The fourth-order valence-corrected chi connectivity index (χ4v) is 1.72. The van der Waals surface area contributed by atoms with Crippen LogP contribution in [-0.4, -0.2) is 22.3 Å². The van der Waals surface area contributed by atoms with Gasteiger partial charge in [0.05, 0.1) is 6.10 Å². The second kappa shape index (κ2) is 7.78. The Morgan fingerprint density at radius 2 is 2.00 bits per heavy atom. The van der Waals surface area contributed by atoms with Crippen molar-refractivity contribution in [3.05, 3.63) is 0 Å². The molecule has 74 valence electrons. The first-order chi connectivity index (χ1) is 5.66. The number of aliphatic hydroxyl groups excluding tert-OH is 1. The topological polar surface area (TPSA) is 57.5 Å². The first kappa shape index (κ1) is 12.2. The summed E-state index contributed by atoms with van der Waals surface area (Å²) in [5.74, 6) is 0. The third-order valence-corrected chi connectivity index (χ3v) is 2.62. The highest BCUT2D eigenvalue weighted by atomic mass is 31.1. The van der Waals surface area contributed by atoms with E-state index < -0.39 is 14.1 Å². The Labute approximate surface area is 74.7 Å². The van der Waals surface area contributed by atoms with Gasteiger partial charge in [0.25, 0.3) is 0 Å². The summed E-state index contributed by atoms with van der Waals surface area (Å²) in [6, 6.07) is 0. The molecule has 0 saturated heterocycles. The molecule has 0 amide bonds. The molecule has 0 aromatic rings. The fraction of sp³-hybridized carbons (Fsp3) is 1.00. The van der Waals surface area contributed by atoms with Crippen LogP contribution in [0.3, 0.4) is 0 Å². The van der Waals surface area contributed by atoms with Crippen LogP contribution in [0, 0.1) is 0 Å². The maximum absolute atomic E-state index is 10.3. The molecule has 0 radical (unpaired) electrons. The number of unbranched alkanes of at least 4 members (excludes halogenated alkanes) is 3. The molecule has 0 rings (SSSR count). The van der Waals surface area contributed by atoms with E-state index in [1.54, 1.807) is 0 Å². The number of rotatable bonds is 7. The minimum Gasteiger partial charge on any atom is -0.393 e. The summed E-state index contributed by atoms with van der Waals surface area (Å²) >= 11 is 0. The minimum atomic E-state index is -2.48. The van der Waals surface area contributed by atoms with Crippen LogP contribution in [0.1, 0.15) is 39.0 Å². The molecule has 0 bridgehead atoms. The van der Waals surface area contributed by atoms with Gasteiger partial charge in [0, 0.05) is 6.16 Å². The van der Waals surface area contributed by atoms with E-state index in [4.69, 9.17) is 4.89 Å². The van der Waals surface area contributed by atoms with Gasteiger partial charge in [0.1, 0.15) is 0 Å². The third kappa shape index (κ3) is 8.25. The Morgan fingerprint density at radius 1 is 1.33 bits per heavy atom. The normalized spacial score (nSPS) is 15.9. The molecule has 2 N–H and O–H groups in total.